The van der Waals surface area contributed by atoms with Crippen molar-refractivity contribution in [3.63, 3.8) is 0 Å². The van der Waals surface area contributed by atoms with Gasteiger partial charge in [-0.15, -0.1) is 0 Å². The fourth-order valence-electron chi connectivity index (χ4n) is 3.25. The van der Waals surface area contributed by atoms with E-state index in [0.717, 1.165) is 4.68 Å². The van der Waals surface area contributed by atoms with E-state index in [4.69, 9.17) is 4.74 Å². The highest BCUT2D eigenvalue weighted by molar-refractivity contribution is 6.05. The average molecular weight is 443 g/mol. The molecular formula is C24H21N5O4. The van der Waals surface area contributed by atoms with E-state index >= 15 is 0 Å². The third-order valence-corrected chi connectivity index (χ3v) is 4.94. The molecule has 0 aliphatic heterocycles. The highest BCUT2D eigenvalue weighted by atomic mass is 16.5. The van der Waals surface area contributed by atoms with Gasteiger partial charge in [-0.1, -0.05) is 24.3 Å². The second-order valence-electron chi connectivity index (χ2n) is 7.09. The number of rotatable bonds is 7. The lowest BCUT2D eigenvalue weighted by Crippen LogP contribution is -2.38. The molecular weight excluding hydrogens is 422 g/mol. The number of fused-ring (bicyclic) bond motifs is 1. The van der Waals surface area contributed by atoms with E-state index < -0.39 is 5.91 Å². The lowest BCUT2D eigenvalue weighted by molar-refractivity contribution is -0.120. The van der Waals surface area contributed by atoms with Crippen molar-refractivity contribution in [2.75, 3.05) is 13.7 Å². The van der Waals surface area contributed by atoms with Crippen molar-refractivity contribution in [3.05, 3.63) is 94.7 Å². The number of aromatic nitrogens is 3. The summed E-state index contributed by atoms with van der Waals surface area (Å²) in [6.45, 7) is 0.00239. The summed E-state index contributed by atoms with van der Waals surface area (Å²) in [5, 5.41) is 10.3. The molecule has 0 saturated carbocycles. The van der Waals surface area contributed by atoms with Crippen LogP contribution in [0.5, 0.6) is 5.75 Å². The molecule has 33 heavy (non-hydrogen) atoms. The molecule has 4 rings (SSSR count). The molecule has 0 radical (unpaired) electrons. The van der Waals surface area contributed by atoms with Gasteiger partial charge in [-0.3, -0.25) is 19.4 Å². The standard InChI is InChI=1S/C24H21N5O4/c1-33-18-11-9-17(10-12-18)29-24(32)20-8-3-2-7-19(20)22(28-29)23(31)27-15-21(30)26-14-16-6-4-5-13-25-16/h2-13H,14-15H2,1H3,(H,26,30)(H,27,31). The molecule has 2 heterocycles. The van der Waals surface area contributed by atoms with E-state index in [2.05, 4.69) is 20.7 Å². The second kappa shape index (κ2) is 9.73. The first-order valence-corrected chi connectivity index (χ1v) is 10.2. The number of pyridine rings is 1. The average Bonchev–Trinajstić information content (AvgIpc) is 2.87. The summed E-state index contributed by atoms with van der Waals surface area (Å²) in [6.07, 6.45) is 1.64. The predicted molar refractivity (Wildman–Crippen MR) is 122 cm³/mol. The summed E-state index contributed by atoms with van der Waals surface area (Å²) >= 11 is 0. The van der Waals surface area contributed by atoms with E-state index in [1.54, 1.807) is 74.0 Å². The van der Waals surface area contributed by atoms with Crippen LogP contribution >= 0.6 is 0 Å². The third-order valence-electron chi connectivity index (χ3n) is 4.94. The van der Waals surface area contributed by atoms with Gasteiger partial charge in [-0.2, -0.15) is 9.78 Å². The molecule has 2 amide bonds. The Hall–Kier alpha value is -4.53. The molecule has 2 aromatic carbocycles. The Morgan fingerprint density at radius 1 is 0.939 bits per heavy atom. The summed E-state index contributed by atoms with van der Waals surface area (Å²) in [6, 6.07) is 18.9. The normalized spacial score (nSPS) is 10.6. The molecule has 4 aromatic rings. The zero-order valence-corrected chi connectivity index (χ0v) is 17.8. The van der Waals surface area contributed by atoms with E-state index in [9.17, 15) is 14.4 Å². The van der Waals surface area contributed by atoms with Crippen LogP contribution in [0.2, 0.25) is 0 Å². The van der Waals surface area contributed by atoms with Crippen LogP contribution in [0.1, 0.15) is 16.2 Å². The van der Waals surface area contributed by atoms with Gasteiger partial charge in [-0.05, 0) is 42.5 Å². The Morgan fingerprint density at radius 3 is 2.36 bits per heavy atom. The summed E-state index contributed by atoms with van der Waals surface area (Å²) in [5.74, 6) is -0.314. The molecule has 0 atom stereocenters. The number of hydrogen-bond acceptors (Lipinski definition) is 6. The van der Waals surface area contributed by atoms with Crippen molar-refractivity contribution in [2.45, 2.75) is 6.54 Å². The quantitative estimate of drug-likeness (QED) is 0.450. The largest absolute Gasteiger partial charge is 0.497 e. The zero-order valence-electron chi connectivity index (χ0n) is 17.8. The van der Waals surface area contributed by atoms with E-state index in [-0.39, 0.29) is 30.2 Å². The third kappa shape index (κ3) is 4.87. The maximum Gasteiger partial charge on any atom is 0.279 e. The van der Waals surface area contributed by atoms with Crippen molar-refractivity contribution in [1.82, 2.24) is 25.4 Å². The Labute approximate surface area is 189 Å². The van der Waals surface area contributed by atoms with E-state index in [1.165, 1.54) is 0 Å². The number of hydrogen-bond donors (Lipinski definition) is 2. The minimum Gasteiger partial charge on any atom is -0.497 e. The van der Waals surface area contributed by atoms with Gasteiger partial charge in [0, 0.05) is 11.6 Å². The number of ether oxygens (including phenoxy) is 1. The van der Waals surface area contributed by atoms with Crippen LogP contribution in [0.3, 0.4) is 0 Å². The van der Waals surface area contributed by atoms with Gasteiger partial charge in [0.1, 0.15) is 5.75 Å². The van der Waals surface area contributed by atoms with Crippen molar-refractivity contribution < 1.29 is 14.3 Å². The number of carbonyl (C=O) groups is 2. The molecule has 0 aliphatic rings. The summed E-state index contributed by atoms with van der Waals surface area (Å²) < 4.78 is 6.32. The monoisotopic (exact) mass is 443 g/mol. The maximum atomic E-state index is 13.0. The van der Waals surface area contributed by atoms with E-state index in [1.807, 2.05) is 6.07 Å². The molecule has 0 aliphatic carbocycles. The molecule has 166 valence electrons. The first-order chi connectivity index (χ1) is 16.1. The molecule has 2 aromatic heterocycles. The van der Waals surface area contributed by atoms with Gasteiger partial charge in [0.15, 0.2) is 5.69 Å². The van der Waals surface area contributed by atoms with Gasteiger partial charge in [0.25, 0.3) is 11.5 Å². The predicted octanol–water partition coefficient (Wildman–Crippen LogP) is 1.84. The number of nitrogens with one attached hydrogen (secondary N) is 2. The fourth-order valence-corrected chi connectivity index (χ4v) is 3.25. The Bertz CT molecular complexity index is 1350. The molecule has 0 spiro atoms. The molecule has 9 nitrogen and oxygen atoms in total. The van der Waals surface area contributed by atoms with Crippen LogP contribution in [0.15, 0.2) is 77.7 Å². The molecule has 0 unspecified atom stereocenters. The van der Waals surface area contributed by atoms with Gasteiger partial charge in [0.2, 0.25) is 5.91 Å². The number of benzene rings is 2. The number of carbonyl (C=O) groups excluding carboxylic acids is 2. The van der Waals surface area contributed by atoms with Crippen LogP contribution in [0, 0.1) is 0 Å². The molecule has 9 heteroatoms. The SMILES string of the molecule is COc1ccc(-n2nc(C(=O)NCC(=O)NCc3ccccn3)c3ccccc3c2=O)cc1. The van der Waals surface area contributed by atoms with Crippen LogP contribution in [0.25, 0.3) is 16.5 Å². The Kier molecular flexibility index (Phi) is 6.40. The lowest BCUT2D eigenvalue weighted by atomic mass is 10.1. The highest BCUT2D eigenvalue weighted by Crippen LogP contribution is 2.17. The van der Waals surface area contributed by atoms with Gasteiger partial charge in [-0.25, -0.2) is 0 Å². The van der Waals surface area contributed by atoms with Crippen LogP contribution in [0.4, 0.5) is 0 Å². The fraction of sp³-hybridized carbons (Fsp3) is 0.125. The van der Waals surface area contributed by atoms with Gasteiger partial charge < -0.3 is 15.4 Å². The summed E-state index contributed by atoms with van der Waals surface area (Å²) in [4.78, 5) is 42.3. The van der Waals surface area contributed by atoms with Crippen molar-refractivity contribution in [2.24, 2.45) is 0 Å². The first-order valence-electron chi connectivity index (χ1n) is 10.2. The summed E-state index contributed by atoms with van der Waals surface area (Å²) in [7, 11) is 1.55. The lowest BCUT2D eigenvalue weighted by Gasteiger charge is -2.12. The summed E-state index contributed by atoms with van der Waals surface area (Å²) in [5.41, 5.74) is 0.865. The second-order valence-corrected chi connectivity index (χ2v) is 7.09. The molecule has 2 N–H and O–H groups in total. The minimum absolute atomic E-state index is 0.0403. The van der Waals surface area contributed by atoms with Crippen molar-refractivity contribution >= 4 is 22.6 Å². The Balaban J connectivity index is 1.57. The topological polar surface area (TPSA) is 115 Å². The highest BCUT2D eigenvalue weighted by Gasteiger charge is 2.18. The van der Waals surface area contributed by atoms with Crippen LogP contribution in [-0.4, -0.2) is 40.2 Å². The maximum absolute atomic E-state index is 13.0. The molecule has 0 fully saturated rings. The minimum atomic E-state index is -0.568. The number of nitrogens with zero attached hydrogens (tertiary/aromatic N) is 3. The van der Waals surface area contributed by atoms with Gasteiger partial charge >= 0.3 is 0 Å². The molecule has 0 bridgehead atoms. The number of amides is 2. The van der Waals surface area contributed by atoms with Gasteiger partial charge in [0.05, 0.1) is 37.0 Å². The van der Waals surface area contributed by atoms with Crippen molar-refractivity contribution in [3.8, 4) is 11.4 Å². The number of methoxy groups -OCH3 is 1. The van der Waals surface area contributed by atoms with Crippen LogP contribution in [-0.2, 0) is 11.3 Å². The zero-order chi connectivity index (χ0) is 23.2. The Morgan fingerprint density at radius 2 is 1.67 bits per heavy atom. The molecule has 0 saturated heterocycles. The van der Waals surface area contributed by atoms with Crippen molar-refractivity contribution in [1.29, 1.82) is 0 Å². The van der Waals surface area contributed by atoms with Crippen LogP contribution < -0.4 is 20.9 Å². The smallest absolute Gasteiger partial charge is 0.279 e. The van der Waals surface area contributed by atoms with E-state index in [0.29, 0.717) is 27.9 Å². The first kappa shape index (κ1) is 21.7.